The molecule has 1 heterocycles. The second-order valence-corrected chi connectivity index (χ2v) is 5.88. The minimum atomic E-state index is -0.631. The average Bonchev–Trinajstić information content (AvgIpc) is 2.87. The Hall–Kier alpha value is -3.08. The Bertz CT molecular complexity index is 913. The molecule has 3 aromatic rings. The SMILES string of the molecule is Cc1c(/C=N\NC(=O)[C@H](C)Oc2ccccc2)c2ccccc2n1C. The van der Waals surface area contributed by atoms with Gasteiger partial charge in [0.15, 0.2) is 6.10 Å². The van der Waals surface area contributed by atoms with Crippen molar-refractivity contribution in [3.63, 3.8) is 0 Å². The van der Waals surface area contributed by atoms with Gasteiger partial charge in [-0.2, -0.15) is 5.10 Å². The van der Waals surface area contributed by atoms with Crippen molar-refractivity contribution in [2.24, 2.45) is 12.1 Å². The van der Waals surface area contributed by atoms with Crippen LogP contribution in [0.3, 0.4) is 0 Å². The van der Waals surface area contributed by atoms with Gasteiger partial charge in [0.25, 0.3) is 5.91 Å². The summed E-state index contributed by atoms with van der Waals surface area (Å²) in [7, 11) is 2.02. The summed E-state index contributed by atoms with van der Waals surface area (Å²) in [4.78, 5) is 12.1. The van der Waals surface area contributed by atoms with Crippen molar-refractivity contribution in [3.8, 4) is 5.75 Å². The molecule has 1 amide bonds. The third-order valence-corrected chi connectivity index (χ3v) is 4.24. The summed E-state index contributed by atoms with van der Waals surface area (Å²) >= 11 is 0. The molecule has 128 valence electrons. The largest absolute Gasteiger partial charge is 0.481 e. The Labute approximate surface area is 146 Å². The molecule has 0 saturated heterocycles. The van der Waals surface area contributed by atoms with Crippen molar-refractivity contribution in [3.05, 3.63) is 65.9 Å². The average molecular weight is 335 g/mol. The molecule has 5 heteroatoms. The van der Waals surface area contributed by atoms with Gasteiger partial charge in [-0.15, -0.1) is 0 Å². The molecule has 2 aromatic carbocycles. The molecule has 1 N–H and O–H groups in total. The Kier molecular flexibility index (Phi) is 4.84. The highest BCUT2D eigenvalue weighted by Crippen LogP contribution is 2.22. The third kappa shape index (κ3) is 3.55. The maximum atomic E-state index is 12.1. The van der Waals surface area contributed by atoms with E-state index in [1.807, 2.05) is 62.5 Å². The van der Waals surface area contributed by atoms with E-state index >= 15 is 0 Å². The van der Waals surface area contributed by atoms with E-state index in [4.69, 9.17) is 4.74 Å². The van der Waals surface area contributed by atoms with Gasteiger partial charge in [0.1, 0.15) is 5.75 Å². The molecule has 1 atom stereocenters. The molecule has 25 heavy (non-hydrogen) atoms. The smallest absolute Gasteiger partial charge is 0.280 e. The van der Waals surface area contributed by atoms with Crippen LogP contribution >= 0.6 is 0 Å². The molecule has 0 spiro atoms. The van der Waals surface area contributed by atoms with E-state index in [9.17, 15) is 4.79 Å². The summed E-state index contributed by atoms with van der Waals surface area (Å²) in [6, 6.07) is 17.4. The van der Waals surface area contributed by atoms with Crippen LogP contribution in [0.2, 0.25) is 0 Å². The lowest BCUT2D eigenvalue weighted by atomic mass is 10.1. The first kappa shape index (κ1) is 16.8. The number of ether oxygens (including phenoxy) is 1. The Morgan fingerprint density at radius 1 is 1.16 bits per heavy atom. The summed E-state index contributed by atoms with van der Waals surface area (Å²) < 4.78 is 7.70. The van der Waals surface area contributed by atoms with Gasteiger partial charge in [-0.1, -0.05) is 36.4 Å². The van der Waals surface area contributed by atoms with Gasteiger partial charge in [0, 0.05) is 29.2 Å². The molecular formula is C20H21N3O2. The zero-order valence-electron chi connectivity index (χ0n) is 14.6. The topological polar surface area (TPSA) is 55.6 Å². The molecule has 0 aliphatic carbocycles. The Balaban J connectivity index is 1.69. The second-order valence-electron chi connectivity index (χ2n) is 5.88. The zero-order chi connectivity index (χ0) is 17.8. The highest BCUT2D eigenvalue weighted by Gasteiger charge is 2.14. The lowest BCUT2D eigenvalue weighted by Crippen LogP contribution is -2.33. The molecule has 5 nitrogen and oxygen atoms in total. The van der Waals surface area contributed by atoms with E-state index in [1.54, 1.807) is 13.1 Å². The van der Waals surface area contributed by atoms with Crippen LogP contribution in [0.4, 0.5) is 0 Å². The number of benzene rings is 2. The van der Waals surface area contributed by atoms with Crippen LogP contribution in [0, 0.1) is 6.92 Å². The van der Waals surface area contributed by atoms with Crippen LogP contribution < -0.4 is 10.2 Å². The summed E-state index contributed by atoms with van der Waals surface area (Å²) in [5.74, 6) is 0.358. The maximum Gasteiger partial charge on any atom is 0.280 e. The molecule has 1 aromatic heterocycles. The molecular weight excluding hydrogens is 314 g/mol. The highest BCUT2D eigenvalue weighted by atomic mass is 16.5. The summed E-state index contributed by atoms with van der Waals surface area (Å²) in [6.45, 7) is 3.73. The Morgan fingerprint density at radius 2 is 1.84 bits per heavy atom. The number of aryl methyl sites for hydroxylation is 1. The number of hydrogen-bond acceptors (Lipinski definition) is 3. The maximum absolute atomic E-state index is 12.1. The van der Waals surface area contributed by atoms with Crippen molar-refractivity contribution in [1.82, 2.24) is 9.99 Å². The normalized spacial score (nSPS) is 12.4. The minimum absolute atomic E-state index is 0.294. The first-order valence-electron chi connectivity index (χ1n) is 8.16. The monoisotopic (exact) mass is 335 g/mol. The first-order valence-corrected chi connectivity index (χ1v) is 8.16. The zero-order valence-corrected chi connectivity index (χ0v) is 14.6. The lowest BCUT2D eigenvalue weighted by Gasteiger charge is -2.12. The first-order chi connectivity index (χ1) is 12.1. The van der Waals surface area contributed by atoms with E-state index in [1.165, 1.54) is 0 Å². The number of para-hydroxylation sites is 2. The van der Waals surface area contributed by atoms with Crippen LogP contribution in [0.25, 0.3) is 10.9 Å². The number of rotatable bonds is 5. The highest BCUT2D eigenvalue weighted by molar-refractivity contribution is 6.01. The fourth-order valence-electron chi connectivity index (χ4n) is 2.72. The van der Waals surface area contributed by atoms with Crippen molar-refractivity contribution >= 4 is 23.0 Å². The van der Waals surface area contributed by atoms with E-state index in [2.05, 4.69) is 21.2 Å². The number of aromatic nitrogens is 1. The third-order valence-electron chi connectivity index (χ3n) is 4.24. The Morgan fingerprint density at radius 3 is 2.60 bits per heavy atom. The van der Waals surface area contributed by atoms with E-state index in [0.717, 1.165) is 22.2 Å². The molecule has 0 bridgehead atoms. The van der Waals surface area contributed by atoms with Crippen LogP contribution in [-0.4, -0.2) is 22.8 Å². The number of nitrogens with one attached hydrogen (secondary N) is 1. The van der Waals surface area contributed by atoms with Crippen molar-refractivity contribution in [2.75, 3.05) is 0 Å². The fraction of sp³-hybridized carbons (Fsp3) is 0.200. The fourth-order valence-corrected chi connectivity index (χ4v) is 2.72. The predicted molar refractivity (Wildman–Crippen MR) is 99.9 cm³/mol. The number of amides is 1. The van der Waals surface area contributed by atoms with Gasteiger partial charge in [-0.05, 0) is 32.0 Å². The standard InChI is InChI=1S/C20H21N3O2/c1-14-18(17-11-7-8-12-19(17)23(14)3)13-21-22-20(24)15(2)25-16-9-5-4-6-10-16/h4-13,15H,1-3H3,(H,22,24)/b21-13-/t15-/m0/s1. The summed E-state index contributed by atoms with van der Waals surface area (Å²) in [5.41, 5.74) is 5.77. The summed E-state index contributed by atoms with van der Waals surface area (Å²) in [6.07, 6.45) is 1.05. The molecule has 0 aliphatic heterocycles. The molecule has 0 saturated carbocycles. The predicted octanol–water partition coefficient (Wildman–Crippen LogP) is 3.40. The lowest BCUT2D eigenvalue weighted by molar-refractivity contribution is -0.127. The number of hydrogen-bond donors (Lipinski definition) is 1. The van der Waals surface area contributed by atoms with E-state index in [-0.39, 0.29) is 5.91 Å². The second kappa shape index (κ2) is 7.21. The molecule has 0 aliphatic rings. The minimum Gasteiger partial charge on any atom is -0.481 e. The van der Waals surface area contributed by atoms with Crippen LogP contribution in [0.5, 0.6) is 5.75 Å². The number of carbonyl (C=O) groups is 1. The van der Waals surface area contributed by atoms with Gasteiger partial charge < -0.3 is 9.30 Å². The van der Waals surface area contributed by atoms with E-state index < -0.39 is 6.10 Å². The van der Waals surface area contributed by atoms with Crippen LogP contribution in [0.1, 0.15) is 18.2 Å². The molecule has 0 unspecified atom stereocenters. The van der Waals surface area contributed by atoms with Crippen molar-refractivity contribution in [2.45, 2.75) is 20.0 Å². The van der Waals surface area contributed by atoms with E-state index in [0.29, 0.717) is 5.75 Å². The van der Waals surface area contributed by atoms with Crippen molar-refractivity contribution < 1.29 is 9.53 Å². The van der Waals surface area contributed by atoms with Crippen LogP contribution in [0.15, 0.2) is 59.7 Å². The van der Waals surface area contributed by atoms with Gasteiger partial charge in [0.05, 0.1) is 6.21 Å². The molecule has 0 radical (unpaired) electrons. The van der Waals surface area contributed by atoms with Crippen molar-refractivity contribution in [1.29, 1.82) is 0 Å². The quantitative estimate of drug-likeness (QED) is 0.574. The van der Waals surface area contributed by atoms with Gasteiger partial charge in [-0.25, -0.2) is 5.43 Å². The molecule has 0 fully saturated rings. The van der Waals surface area contributed by atoms with Gasteiger partial charge in [-0.3, -0.25) is 4.79 Å². The molecule has 3 rings (SSSR count). The summed E-state index contributed by atoms with van der Waals surface area (Å²) in [5, 5.41) is 5.22. The number of carbonyl (C=O) groups excluding carboxylic acids is 1. The number of nitrogens with zero attached hydrogens (tertiary/aromatic N) is 2. The van der Waals surface area contributed by atoms with Gasteiger partial charge in [0.2, 0.25) is 0 Å². The van der Waals surface area contributed by atoms with Crippen LogP contribution in [-0.2, 0) is 11.8 Å². The number of fused-ring (bicyclic) bond motifs is 1. The number of hydrazone groups is 1. The van der Waals surface area contributed by atoms with Gasteiger partial charge >= 0.3 is 0 Å².